The van der Waals surface area contributed by atoms with Crippen molar-refractivity contribution in [1.82, 2.24) is 9.63 Å². The Balaban J connectivity index is 1.63. The second kappa shape index (κ2) is 18.0. The molecule has 0 bridgehead atoms. The van der Waals surface area contributed by atoms with Crippen molar-refractivity contribution in [3.05, 3.63) is 130 Å². The lowest BCUT2D eigenvalue weighted by molar-refractivity contribution is -0.204. The number of carbonyl (C=O) groups excluding carboxylic acids is 4. The number of hydrogen-bond acceptors (Lipinski definition) is 7. The first-order chi connectivity index (χ1) is 27.8. The Bertz CT molecular complexity index is 2530. The fourth-order valence-electron chi connectivity index (χ4n) is 8.38. The lowest BCUT2D eigenvalue weighted by atomic mass is 9.89. The lowest BCUT2D eigenvalue weighted by Crippen LogP contribution is -2.36. The van der Waals surface area contributed by atoms with Gasteiger partial charge in [0.05, 0.1) is 11.2 Å². The van der Waals surface area contributed by atoms with Gasteiger partial charge >= 0.3 is 11.9 Å². The second-order valence-electron chi connectivity index (χ2n) is 15.4. The molecule has 0 saturated heterocycles. The molecule has 1 amide bonds. The van der Waals surface area contributed by atoms with Gasteiger partial charge in [-0.3, -0.25) is 14.4 Å². The zero-order valence-corrected chi connectivity index (χ0v) is 34.8. The number of nitrogens with zero attached hydrogens (tertiary/aromatic N) is 3. The van der Waals surface area contributed by atoms with Crippen molar-refractivity contribution in [2.45, 2.75) is 100 Å². The van der Waals surface area contributed by atoms with Crippen LogP contribution in [0.2, 0.25) is 0 Å². The van der Waals surface area contributed by atoms with Crippen LogP contribution in [0.1, 0.15) is 117 Å². The van der Waals surface area contributed by atoms with E-state index in [0.29, 0.717) is 33.9 Å². The zero-order valence-electron chi connectivity index (χ0n) is 34.8. The van der Waals surface area contributed by atoms with Crippen LogP contribution in [-0.2, 0) is 30.6 Å². The monoisotopic (exact) mass is 779 g/mol. The van der Waals surface area contributed by atoms with Gasteiger partial charge in [-0.1, -0.05) is 117 Å². The number of aryl methyl sites for hydroxylation is 3. The summed E-state index contributed by atoms with van der Waals surface area (Å²) in [5, 5.41) is 9.12. The summed E-state index contributed by atoms with van der Waals surface area (Å²) >= 11 is 0. The fourth-order valence-corrected chi connectivity index (χ4v) is 8.38. The number of ketones is 1. The number of fused-ring (bicyclic) bond motifs is 5. The summed E-state index contributed by atoms with van der Waals surface area (Å²) in [4.78, 5) is 63.1. The molecular formula is C49H53N3O6. The molecule has 6 rings (SSSR count). The zero-order chi connectivity index (χ0) is 41.7. The molecule has 0 radical (unpaired) electrons. The van der Waals surface area contributed by atoms with Crippen LogP contribution in [-0.4, -0.2) is 39.0 Å². The average molecular weight is 780 g/mol. The van der Waals surface area contributed by atoms with Crippen molar-refractivity contribution in [1.29, 1.82) is 0 Å². The number of hydrogen-bond donors (Lipinski definition) is 0. The number of carbonyl (C=O) groups is 4. The first kappa shape index (κ1) is 41.5. The molecule has 0 aliphatic rings. The highest BCUT2D eigenvalue weighted by Gasteiger charge is 2.30. The van der Waals surface area contributed by atoms with Crippen LogP contribution < -0.4 is 0 Å². The van der Waals surface area contributed by atoms with Crippen molar-refractivity contribution in [3.8, 4) is 0 Å². The minimum atomic E-state index is -0.799. The minimum absolute atomic E-state index is 0.0304. The van der Waals surface area contributed by atoms with Gasteiger partial charge in [0, 0.05) is 72.1 Å². The van der Waals surface area contributed by atoms with Crippen LogP contribution in [0.25, 0.3) is 32.6 Å². The van der Waals surface area contributed by atoms with Gasteiger partial charge in [-0.25, -0.2) is 4.79 Å². The van der Waals surface area contributed by atoms with E-state index in [1.807, 2.05) is 87.5 Å². The Hall–Kier alpha value is -6.09. The third kappa shape index (κ3) is 8.74. The molecule has 58 heavy (non-hydrogen) atoms. The maximum absolute atomic E-state index is 14.8. The van der Waals surface area contributed by atoms with Crippen molar-refractivity contribution in [3.63, 3.8) is 0 Å². The summed E-state index contributed by atoms with van der Waals surface area (Å²) in [5.41, 5.74) is 8.06. The lowest BCUT2D eigenvalue weighted by Gasteiger charge is -2.29. The molecule has 9 nitrogen and oxygen atoms in total. The van der Waals surface area contributed by atoms with Gasteiger partial charge in [0.25, 0.3) is 5.91 Å². The summed E-state index contributed by atoms with van der Waals surface area (Å²) in [6.07, 6.45) is 4.42. The smallest absolute Gasteiger partial charge is 0.331 e. The van der Waals surface area contributed by atoms with E-state index >= 15 is 0 Å². The molecule has 2 atom stereocenters. The largest absolute Gasteiger partial charge is 0.340 e. The molecular weight excluding hydrogens is 727 g/mol. The van der Waals surface area contributed by atoms with E-state index in [-0.39, 0.29) is 12.2 Å². The average Bonchev–Trinajstić information content (AvgIpc) is 3.50. The van der Waals surface area contributed by atoms with E-state index in [2.05, 4.69) is 47.8 Å². The van der Waals surface area contributed by atoms with Crippen LogP contribution in [0.4, 0.5) is 0 Å². The molecule has 5 aromatic carbocycles. The van der Waals surface area contributed by atoms with E-state index < -0.39 is 23.9 Å². The molecule has 0 aliphatic carbocycles. The van der Waals surface area contributed by atoms with E-state index in [0.717, 1.165) is 86.6 Å². The third-order valence-electron chi connectivity index (χ3n) is 11.0. The maximum Gasteiger partial charge on any atom is 0.331 e. The van der Waals surface area contributed by atoms with Gasteiger partial charge in [-0.05, 0) is 73.4 Å². The third-order valence-corrected chi connectivity index (χ3v) is 11.0. The number of rotatable bonds is 14. The van der Waals surface area contributed by atoms with Gasteiger partial charge in [-0.2, -0.15) is 5.06 Å². The molecule has 1 aromatic heterocycles. The molecule has 0 spiro atoms. The SMILES string of the molecule is CCCCC(CC)Cn1c2ccc(C(CC(c3ccccc3)N(OC(C)=O)C(C)=O)=NOC(C)=O)cc2c2cc(C(=O)c3c(C)cc(C)cc3C)c3ccccc3c21. The maximum atomic E-state index is 14.8. The van der Waals surface area contributed by atoms with Crippen LogP contribution >= 0.6 is 0 Å². The highest BCUT2D eigenvalue weighted by molar-refractivity contribution is 6.26. The van der Waals surface area contributed by atoms with E-state index in [9.17, 15) is 19.2 Å². The molecule has 300 valence electrons. The molecule has 0 aliphatic heterocycles. The van der Waals surface area contributed by atoms with Crippen molar-refractivity contribution in [2.24, 2.45) is 11.1 Å². The molecule has 9 heteroatoms. The predicted octanol–water partition coefficient (Wildman–Crippen LogP) is 11.0. The Labute approximate surface area is 340 Å². The summed E-state index contributed by atoms with van der Waals surface area (Å²) < 4.78 is 2.41. The summed E-state index contributed by atoms with van der Waals surface area (Å²) in [6, 6.07) is 28.8. The van der Waals surface area contributed by atoms with Gasteiger partial charge in [-0.15, -0.1) is 0 Å². The quantitative estimate of drug-likeness (QED) is 0.0471. The number of amides is 1. The van der Waals surface area contributed by atoms with Crippen LogP contribution in [0.15, 0.2) is 96.2 Å². The molecule has 0 saturated carbocycles. The molecule has 2 unspecified atom stereocenters. The Morgan fingerprint density at radius 1 is 0.759 bits per heavy atom. The number of unbranched alkanes of at least 4 members (excludes halogenated alkanes) is 1. The Morgan fingerprint density at radius 3 is 2.05 bits per heavy atom. The number of oxime groups is 1. The Morgan fingerprint density at radius 2 is 1.43 bits per heavy atom. The fraction of sp³-hybridized carbons (Fsp3) is 0.327. The topological polar surface area (TPSA) is 107 Å². The van der Waals surface area contributed by atoms with Crippen LogP contribution in [0.5, 0.6) is 0 Å². The van der Waals surface area contributed by atoms with Gasteiger partial charge < -0.3 is 14.2 Å². The van der Waals surface area contributed by atoms with E-state index in [1.54, 1.807) is 0 Å². The number of hydroxylamine groups is 2. The second-order valence-corrected chi connectivity index (χ2v) is 15.4. The first-order valence-electron chi connectivity index (χ1n) is 20.2. The molecule has 0 N–H and O–H groups in total. The first-order valence-corrected chi connectivity index (χ1v) is 20.2. The number of aromatic nitrogens is 1. The molecule has 0 fully saturated rings. The number of benzene rings is 5. The molecule has 6 aromatic rings. The van der Waals surface area contributed by atoms with Crippen LogP contribution in [0, 0.1) is 26.7 Å². The van der Waals surface area contributed by atoms with Crippen molar-refractivity contribution in [2.75, 3.05) is 0 Å². The van der Waals surface area contributed by atoms with Crippen LogP contribution in [0.3, 0.4) is 0 Å². The van der Waals surface area contributed by atoms with Gasteiger partial charge in [0.1, 0.15) is 6.04 Å². The highest BCUT2D eigenvalue weighted by atomic mass is 16.7. The normalized spacial score (nSPS) is 12.8. The Kier molecular flexibility index (Phi) is 12.9. The predicted molar refractivity (Wildman–Crippen MR) is 231 cm³/mol. The highest BCUT2D eigenvalue weighted by Crippen LogP contribution is 2.40. The van der Waals surface area contributed by atoms with Gasteiger partial charge in [0.2, 0.25) is 0 Å². The molecule has 1 heterocycles. The summed E-state index contributed by atoms with van der Waals surface area (Å²) in [6.45, 7) is 15.1. The standard InChI is InChI=1S/C49H53N3O6/c1-9-11-17-36(10-2)29-51-45-23-22-38(44(50-57-34(7)54)28-46(37-18-13-12-14-19-37)52(33(6)53)58-35(8)55)26-41(45)42-27-43(39-20-15-16-21-40(39)48(42)51)49(56)47-31(4)24-30(3)25-32(47)5/h12-16,18-27,36,46H,9-11,17,28-29H2,1-8H3. The summed E-state index contributed by atoms with van der Waals surface area (Å²) in [5.74, 6) is -1.34. The van der Waals surface area contributed by atoms with E-state index in [1.165, 1.54) is 20.8 Å². The minimum Gasteiger partial charge on any atom is -0.340 e. The van der Waals surface area contributed by atoms with E-state index in [4.69, 9.17) is 9.68 Å². The van der Waals surface area contributed by atoms with Crippen molar-refractivity contribution < 1.29 is 28.9 Å². The summed E-state index contributed by atoms with van der Waals surface area (Å²) in [7, 11) is 0. The van der Waals surface area contributed by atoms with Gasteiger partial charge in [0.15, 0.2) is 5.78 Å². The van der Waals surface area contributed by atoms with Crippen molar-refractivity contribution >= 4 is 61.9 Å².